The third kappa shape index (κ3) is 4.93. The molecule has 130 valence electrons. The fraction of sp³-hybridized carbons (Fsp3) is 0.125. The van der Waals surface area contributed by atoms with Gasteiger partial charge in [-0.25, -0.2) is 0 Å². The van der Waals surface area contributed by atoms with E-state index in [-0.39, 0.29) is 24.4 Å². The Morgan fingerprint density at radius 3 is 1.72 bits per heavy atom. The first kappa shape index (κ1) is 17.7. The fourth-order valence-corrected chi connectivity index (χ4v) is 1.95. The lowest BCUT2D eigenvalue weighted by molar-refractivity contribution is -0.385. The van der Waals surface area contributed by atoms with Crippen molar-refractivity contribution < 1.29 is 24.8 Å². The van der Waals surface area contributed by atoms with Gasteiger partial charge in [0.1, 0.15) is 6.61 Å². The highest BCUT2D eigenvalue weighted by atomic mass is 16.6. The van der Waals surface area contributed by atoms with Gasteiger partial charge in [-0.15, -0.1) is 0 Å². The molecule has 0 bridgehead atoms. The predicted octanol–water partition coefficient (Wildman–Crippen LogP) is 3.55. The molecule has 0 radical (unpaired) electrons. The first-order valence-electron chi connectivity index (χ1n) is 7.07. The molecule has 2 rings (SSSR count). The topological polar surface area (TPSA) is 136 Å². The summed E-state index contributed by atoms with van der Waals surface area (Å²) < 4.78 is 5.03. The zero-order chi connectivity index (χ0) is 18.4. The van der Waals surface area contributed by atoms with Crippen molar-refractivity contribution in [2.75, 3.05) is 0 Å². The van der Waals surface area contributed by atoms with Crippen LogP contribution in [0.25, 0.3) is 0 Å². The van der Waals surface area contributed by atoms with E-state index in [0.717, 1.165) is 0 Å². The summed E-state index contributed by atoms with van der Waals surface area (Å²) in [5.74, 6) is -1.12. The number of nitro groups is 2. The molecule has 0 amide bonds. The van der Waals surface area contributed by atoms with Crippen molar-refractivity contribution in [1.82, 2.24) is 0 Å². The number of hydrogen-bond donors (Lipinski definition) is 2. The summed E-state index contributed by atoms with van der Waals surface area (Å²) in [6.45, 7) is -0.0891. The van der Waals surface area contributed by atoms with Crippen LogP contribution in [0.3, 0.4) is 0 Å². The molecule has 2 N–H and O–H groups in total. The third-order valence-electron chi connectivity index (χ3n) is 3.29. The molecule has 0 aliphatic rings. The van der Waals surface area contributed by atoms with Gasteiger partial charge in [-0.1, -0.05) is 12.1 Å². The van der Waals surface area contributed by atoms with Crippen molar-refractivity contribution in [3.05, 3.63) is 91.6 Å². The lowest BCUT2D eigenvalue weighted by Gasteiger charge is -2.07. The minimum atomic E-state index is -0.684. The van der Waals surface area contributed by atoms with Crippen LogP contribution in [0.2, 0.25) is 0 Å². The number of aliphatic hydroxyl groups excluding tert-OH is 2. The molecule has 2 aromatic carbocycles. The zero-order valence-electron chi connectivity index (χ0n) is 12.9. The molecule has 0 spiro atoms. The van der Waals surface area contributed by atoms with E-state index in [0.29, 0.717) is 11.1 Å². The van der Waals surface area contributed by atoms with E-state index in [9.17, 15) is 30.4 Å². The van der Waals surface area contributed by atoms with Crippen LogP contribution in [-0.2, 0) is 17.8 Å². The largest absolute Gasteiger partial charge is 0.505 e. The van der Waals surface area contributed by atoms with Crippen LogP contribution in [-0.4, -0.2) is 20.1 Å². The number of nitro benzene ring substituents is 2. The Hall–Kier alpha value is -3.62. The van der Waals surface area contributed by atoms with Crippen molar-refractivity contribution in [1.29, 1.82) is 0 Å². The van der Waals surface area contributed by atoms with Crippen molar-refractivity contribution in [3.8, 4) is 0 Å². The van der Waals surface area contributed by atoms with E-state index in [1.807, 2.05) is 0 Å². The quantitative estimate of drug-likeness (QED) is 0.444. The number of rotatable bonds is 7. The molecule has 0 atom stereocenters. The summed E-state index contributed by atoms with van der Waals surface area (Å²) >= 11 is 0. The fourth-order valence-electron chi connectivity index (χ4n) is 1.95. The maximum Gasteiger partial charge on any atom is 0.316 e. The number of ether oxygens (including phenoxy) is 1. The molecule has 0 fully saturated rings. The van der Waals surface area contributed by atoms with Crippen LogP contribution in [0.5, 0.6) is 0 Å². The summed E-state index contributed by atoms with van der Waals surface area (Å²) in [7, 11) is 0. The van der Waals surface area contributed by atoms with Gasteiger partial charge in [0.2, 0.25) is 0 Å². The number of non-ortho nitro benzene ring substituents is 2. The number of allylic oxidation sites excluding steroid dienone is 1. The van der Waals surface area contributed by atoms with Gasteiger partial charge in [0.15, 0.2) is 5.76 Å². The molecule has 0 saturated heterocycles. The third-order valence-corrected chi connectivity index (χ3v) is 3.29. The highest BCUT2D eigenvalue weighted by molar-refractivity contribution is 5.34. The molecular weight excluding hydrogens is 332 g/mol. The summed E-state index contributed by atoms with van der Waals surface area (Å²) in [5, 5.41) is 40.7. The zero-order valence-corrected chi connectivity index (χ0v) is 12.9. The predicted molar refractivity (Wildman–Crippen MR) is 87.0 cm³/mol. The van der Waals surface area contributed by atoms with E-state index in [2.05, 4.69) is 0 Å². The molecule has 0 aliphatic carbocycles. The monoisotopic (exact) mass is 346 g/mol. The Morgan fingerprint density at radius 2 is 1.28 bits per heavy atom. The van der Waals surface area contributed by atoms with Crippen molar-refractivity contribution in [2.45, 2.75) is 13.0 Å². The Morgan fingerprint density at radius 1 is 0.840 bits per heavy atom. The average Bonchev–Trinajstić information content (AvgIpc) is 2.60. The van der Waals surface area contributed by atoms with Gasteiger partial charge in [-0.2, -0.15) is 0 Å². The van der Waals surface area contributed by atoms with Gasteiger partial charge in [-0.05, 0) is 23.3 Å². The summed E-state index contributed by atoms with van der Waals surface area (Å²) in [6.07, 6.45) is -0.0654. The lowest BCUT2D eigenvalue weighted by Crippen LogP contribution is -2.01. The molecule has 0 aliphatic heterocycles. The Bertz CT molecular complexity index is 798. The Labute approximate surface area is 141 Å². The van der Waals surface area contributed by atoms with Gasteiger partial charge < -0.3 is 14.9 Å². The van der Waals surface area contributed by atoms with Crippen molar-refractivity contribution >= 4 is 11.4 Å². The summed E-state index contributed by atoms with van der Waals surface area (Å²) in [6, 6.07) is 11.0. The van der Waals surface area contributed by atoms with Crippen LogP contribution in [0.1, 0.15) is 11.1 Å². The molecule has 0 aromatic heterocycles. The first-order chi connectivity index (χ1) is 11.9. The van der Waals surface area contributed by atoms with E-state index >= 15 is 0 Å². The SMILES string of the molecule is O=[N+]([O-])c1ccc(CO/C(O)=C(\O)Cc2ccc([N+](=O)[O-])cc2)cc1. The van der Waals surface area contributed by atoms with E-state index < -0.39 is 21.6 Å². The minimum Gasteiger partial charge on any atom is -0.505 e. The molecular formula is C16H14N2O7. The second-order valence-electron chi connectivity index (χ2n) is 5.06. The number of hydrogen-bond acceptors (Lipinski definition) is 7. The van der Waals surface area contributed by atoms with Crippen LogP contribution >= 0.6 is 0 Å². The second kappa shape index (κ2) is 7.77. The highest BCUT2D eigenvalue weighted by Crippen LogP contribution is 2.17. The van der Waals surface area contributed by atoms with Crippen LogP contribution in [0.4, 0.5) is 11.4 Å². The molecule has 2 aromatic rings. The van der Waals surface area contributed by atoms with Gasteiger partial charge in [-0.3, -0.25) is 20.2 Å². The number of benzene rings is 2. The van der Waals surface area contributed by atoms with Crippen LogP contribution in [0.15, 0.2) is 60.2 Å². The van der Waals surface area contributed by atoms with Crippen molar-refractivity contribution in [3.63, 3.8) is 0 Å². The Balaban J connectivity index is 1.96. The molecule has 0 heterocycles. The van der Waals surface area contributed by atoms with E-state index in [4.69, 9.17) is 4.74 Å². The minimum absolute atomic E-state index is 0.0652. The molecule has 9 nitrogen and oxygen atoms in total. The summed E-state index contributed by atoms with van der Waals surface area (Å²) in [5.41, 5.74) is 0.976. The maximum atomic E-state index is 10.6. The Kier molecular flexibility index (Phi) is 5.51. The van der Waals surface area contributed by atoms with E-state index in [1.165, 1.54) is 48.5 Å². The maximum absolute atomic E-state index is 10.6. The molecule has 0 saturated carbocycles. The van der Waals surface area contributed by atoms with Crippen LogP contribution < -0.4 is 0 Å². The molecule has 25 heavy (non-hydrogen) atoms. The molecule has 9 heteroatoms. The molecule has 0 unspecified atom stereocenters. The smallest absolute Gasteiger partial charge is 0.316 e. The van der Waals surface area contributed by atoms with Gasteiger partial charge in [0.05, 0.1) is 9.85 Å². The van der Waals surface area contributed by atoms with E-state index in [1.54, 1.807) is 0 Å². The highest BCUT2D eigenvalue weighted by Gasteiger charge is 2.10. The lowest BCUT2D eigenvalue weighted by atomic mass is 10.1. The second-order valence-corrected chi connectivity index (χ2v) is 5.06. The van der Waals surface area contributed by atoms with Crippen LogP contribution in [0, 0.1) is 20.2 Å². The average molecular weight is 346 g/mol. The number of nitrogens with zero attached hydrogens (tertiary/aromatic N) is 2. The standard InChI is InChI=1S/C16H14N2O7/c19-15(9-11-1-5-13(6-2-11)17(21)22)16(20)25-10-12-3-7-14(8-4-12)18(23)24/h1-8,19-20H,9-10H2/b16-15-. The van der Waals surface area contributed by atoms with Gasteiger partial charge in [0.25, 0.3) is 11.4 Å². The normalized spacial score (nSPS) is 11.5. The van der Waals surface area contributed by atoms with Crippen molar-refractivity contribution in [2.24, 2.45) is 0 Å². The van der Waals surface area contributed by atoms with Gasteiger partial charge >= 0.3 is 5.95 Å². The number of aliphatic hydroxyl groups is 2. The first-order valence-corrected chi connectivity index (χ1v) is 7.07. The summed E-state index contributed by atoms with van der Waals surface area (Å²) in [4.78, 5) is 20.1. The van der Waals surface area contributed by atoms with Gasteiger partial charge in [0, 0.05) is 30.7 Å².